The summed E-state index contributed by atoms with van der Waals surface area (Å²) in [7, 11) is -2.25. The Hall–Kier alpha value is -2.05. The van der Waals surface area contributed by atoms with Crippen molar-refractivity contribution in [1.29, 1.82) is 0 Å². The van der Waals surface area contributed by atoms with Gasteiger partial charge in [-0.3, -0.25) is 9.10 Å². The standard InChI is InChI=1S/C22H25ClN2O3S/c1-14-3-8-18(9-4-14)29(27,28)25(2)17-7-10-20(23)19(13-17)22(26)24-21-12-15-5-6-16(21)11-15/h3-4,7-10,13,15-16,21H,5-6,11-12H2,1-2H3,(H,24,26)/t15?,16?,21-/m1/s1. The number of benzene rings is 2. The molecule has 2 aromatic rings. The van der Waals surface area contributed by atoms with Crippen molar-refractivity contribution in [3.8, 4) is 0 Å². The van der Waals surface area contributed by atoms with Gasteiger partial charge in [0, 0.05) is 13.1 Å². The molecule has 0 radical (unpaired) electrons. The Morgan fingerprint density at radius 3 is 2.45 bits per heavy atom. The molecular weight excluding hydrogens is 408 g/mol. The average molecular weight is 433 g/mol. The highest BCUT2D eigenvalue weighted by atomic mass is 35.5. The Bertz CT molecular complexity index is 1040. The van der Waals surface area contributed by atoms with E-state index in [0.29, 0.717) is 22.2 Å². The summed E-state index contributed by atoms with van der Waals surface area (Å²) >= 11 is 6.28. The minimum Gasteiger partial charge on any atom is -0.349 e. The van der Waals surface area contributed by atoms with Gasteiger partial charge < -0.3 is 5.32 Å². The van der Waals surface area contributed by atoms with E-state index in [9.17, 15) is 13.2 Å². The monoisotopic (exact) mass is 432 g/mol. The highest BCUT2D eigenvalue weighted by Gasteiger charge is 2.40. The molecule has 3 atom stereocenters. The Kier molecular flexibility index (Phi) is 5.34. The number of aryl methyl sites for hydroxylation is 1. The molecule has 0 heterocycles. The minimum atomic E-state index is -3.73. The second kappa shape index (κ2) is 7.65. The van der Waals surface area contributed by atoms with E-state index in [1.54, 1.807) is 42.5 Å². The number of rotatable bonds is 5. The van der Waals surface area contributed by atoms with Gasteiger partial charge in [-0.2, -0.15) is 0 Å². The molecule has 4 rings (SSSR count). The third kappa shape index (κ3) is 3.88. The number of amides is 1. The number of sulfonamides is 1. The molecule has 0 saturated heterocycles. The van der Waals surface area contributed by atoms with Crippen LogP contribution in [0.3, 0.4) is 0 Å². The Balaban J connectivity index is 1.57. The first kappa shape index (κ1) is 20.2. The van der Waals surface area contributed by atoms with Gasteiger partial charge in [0.15, 0.2) is 0 Å². The number of fused-ring (bicyclic) bond motifs is 2. The molecule has 0 aliphatic heterocycles. The van der Waals surface area contributed by atoms with E-state index in [1.165, 1.54) is 30.6 Å². The fraction of sp³-hybridized carbons (Fsp3) is 0.409. The highest BCUT2D eigenvalue weighted by Crippen LogP contribution is 2.44. The van der Waals surface area contributed by atoms with E-state index >= 15 is 0 Å². The van der Waals surface area contributed by atoms with E-state index in [2.05, 4.69) is 5.32 Å². The molecule has 1 N–H and O–H groups in total. The molecule has 154 valence electrons. The van der Waals surface area contributed by atoms with Crippen molar-refractivity contribution in [2.24, 2.45) is 11.8 Å². The molecule has 0 spiro atoms. The van der Waals surface area contributed by atoms with Gasteiger partial charge >= 0.3 is 0 Å². The number of carbonyl (C=O) groups is 1. The first-order chi connectivity index (χ1) is 13.8. The lowest BCUT2D eigenvalue weighted by molar-refractivity contribution is 0.0923. The van der Waals surface area contributed by atoms with Gasteiger partial charge in [-0.1, -0.05) is 35.7 Å². The van der Waals surface area contributed by atoms with Crippen LogP contribution >= 0.6 is 11.6 Å². The quantitative estimate of drug-likeness (QED) is 0.761. The molecule has 7 heteroatoms. The zero-order chi connectivity index (χ0) is 20.8. The van der Waals surface area contributed by atoms with Crippen LogP contribution < -0.4 is 9.62 Å². The normalized spacial score (nSPS) is 23.2. The lowest BCUT2D eigenvalue weighted by atomic mass is 9.95. The Labute approximate surface area is 177 Å². The van der Waals surface area contributed by atoms with E-state index in [4.69, 9.17) is 11.6 Å². The summed E-state index contributed by atoms with van der Waals surface area (Å²) < 4.78 is 27.1. The number of carbonyl (C=O) groups excluding carboxylic acids is 1. The smallest absolute Gasteiger partial charge is 0.264 e. The van der Waals surface area contributed by atoms with Crippen LogP contribution in [0.5, 0.6) is 0 Å². The second-order valence-electron chi connectivity index (χ2n) is 8.20. The van der Waals surface area contributed by atoms with Gasteiger partial charge in [0.2, 0.25) is 0 Å². The zero-order valence-corrected chi connectivity index (χ0v) is 18.1. The molecule has 0 aromatic heterocycles. The molecule has 2 aliphatic carbocycles. The van der Waals surface area contributed by atoms with E-state index < -0.39 is 10.0 Å². The van der Waals surface area contributed by atoms with Crippen LogP contribution in [0.15, 0.2) is 47.4 Å². The highest BCUT2D eigenvalue weighted by molar-refractivity contribution is 7.92. The summed E-state index contributed by atoms with van der Waals surface area (Å²) in [6, 6.07) is 11.6. The van der Waals surface area contributed by atoms with Crippen molar-refractivity contribution in [3.05, 3.63) is 58.6 Å². The molecular formula is C22H25ClN2O3S. The van der Waals surface area contributed by atoms with Crippen molar-refractivity contribution >= 4 is 33.2 Å². The minimum absolute atomic E-state index is 0.190. The lowest BCUT2D eigenvalue weighted by Gasteiger charge is -2.24. The van der Waals surface area contributed by atoms with Crippen LogP contribution in [0, 0.1) is 18.8 Å². The summed E-state index contributed by atoms with van der Waals surface area (Å²) in [5.74, 6) is 1.03. The van der Waals surface area contributed by atoms with Crippen molar-refractivity contribution in [1.82, 2.24) is 5.32 Å². The third-order valence-electron chi connectivity index (χ3n) is 6.29. The van der Waals surface area contributed by atoms with Crippen molar-refractivity contribution in [2.75, 3.05) is 11.4 Å². The number of nitrogens with one attached hydrogen (secondary N) is 1. The summed E-state index contributed by atoms with van der Waals surface area (Å²) in [6.07, 6.45) is 4.64. The first-order valence-electron chi connectivity index (χ1n) is 9.91. The van der Waals surface area contributed by atoms with E-state index in [1.807, 2.05) is 6.92 Å². The summed E-state index contributed by atoms with van der Waals surface area (Å²) in [6.45, 7) is 1.90. The van der Waals surface area contributed by atoms with Crippen molar-refractivity contribution in [3.63, 3.8) is 0 Å². The Morgan fingerprint density at radius 2 is 1.83 bits per heavy atom. The molecule has 2 aromatic carbocycles. The lowest BCUT2D eigenvalue weighted by Crippen LogP contribution is -2.38. The van der Waals surface area contributed by atoms with E-state index in [-0.39, 0.29) is 16.8 Å². The number of anilines is 1. The summed E-state index contributed by atoms with van der Waals surface area (Å²) in [4.78, 5) is 13.1. The largest absolute Gasteiger partial charge is 0.349 e. The fourth-order valence-corrected chi connectivity index (χ4v) is 5.95. The van der Waals surface area contributed by atoms with Gasteiger partial charge in [-0.05, 0) is 68.4 Å². The molecule has 5 nitrogen and oxygen atoms in total. The van der Waals surface area contributed by atoms with Crippen LogP contribution in [0.25, 0.3) is 0 Å². The maximum Gasteiger partial charge on any atom is 0.264 e. The molecule has 2 aliphatic rings. The zero-order valence-electron chi connectivity index (χ0n) is 16.6. The van der Waals surface area contributed by atoms with Gasteiger partial charge in [0.25, 0.3) is 15.9 Å². The molecule has 29 heavy (non-hydrogen) atoms. The molecule has 2 bridgehead atoms. The van der Waals surface area contributed by atoms with Crippen molar-refractivity contribution in [2.45, 2.75) is 43.5 Å². The number of halogens is 1. The molecule has 1 amide bonds. The van der Waals surface area contributed by atoms with Gasteiger partial charge in [-0.25, -0.2) is 8.42 Å². The van der Waals surface area contributed by atoms with E-state index in [0.717, 1.165) is 17.9 Å². The van der Waals surface area contributed by atoms with Gasteiger partial charge in [-0.15, -0.1) is 0 Å². The van der Waals surface area contributed by atoms with Crippen LogP contribution in [-0.4, -0.2) is 27.4 Å². The third-order valence-corrected chi connectivity index (χ3v) is 8.42. The topological polar surface area (TPSA) is 66.5 Å². The first-order valence-corrected chi connectivity index (χ1v) is 11.7. The number of hydrogen-bond acceptors (Lipinski definition) is 3. The van der Waals surface area contributed by atoms with Crippen molar-refractivity contribution < 1.29 is 13.2 Å². The Morgan fingerprint density at radius 1 is 1.10 bits per heavy atom. The second-order valence-corrected chi connectivity index (χ2v) is 10.6. The molecule has 2 unspecified atom stereocenters. The maximum absolute atomic E-state index is 13.0. The summed E-state index contributed by atoms with van der Waals surface area (Å²) in [5, 5.41) is 3.43. The maximum atomic E-state index is 13.0. The number of hydrogen-bond donors (Lipinski definition) is 1. The summed E-state index contributed by atoms with van der Waals surface area (Å²) in [5.41, 5.74) is 1.68. The van der Waals surface area contributed by atoms with Gasteiger partial charge in [0.1, 0.15) is 0 Å². The van der Waals surface area contributed by atoms with Crippen LogP contribution in [0.4, 0.5) is 5.69 Å². The molecule has 2 saturated carbocycles. The average Bonchev–Trinajstić information content (AvgIpc) is 3.31. The molecule has 2 fully saturated rings. The predicted octanol–water partition coefficient (Wildman–Crippen LogP) is 4.39. The fourth-order valence-electron chi connectivity index (χ4n) is 4.56. The van der Waals surface area contributed by atoms with Crippen LogP contribution in [0.1, 0.15) is 41.6 Å². The van der Waals surface area contributed by atoms with Crippen LogP contribution in [0.2, 0.25) is 5.02 Å². The predicted molar refractivity (Wildman–Crippen MR) is 115 cm³/mol. The van der Waals surface area contributed by atoms with Gasteiger partial charge in [0.05, 0.1) is 21.2 Å². The van der Waals surface area contributed by atoms with Crippen LogP contribution in [-0.2, 0) is 10.0 Å². The SMILES string of the molecule is Cc1ccc(S(=O)(=O)N(C)c2ccc(Cl)c(C(=O)N[C@@H]3CC4CCC3C4)c2)cc1. The number of nitrogens with zero attached hydrogens (tertiary/aromatic N) is 1.